The normalized spacial score (nSPS) is 32.2. The fourth-order valence-electron chi connectivity index (χ4n) is 3.19. The molecule has 0 aromatic heterocycles. The average Bonchev–Trinajstić information content (AvgIpc) is 2.63. The minimum absolute atomic E-state index is 0.0897. The fourth-order valence-corrected chi connectivity index (χ4v) is 3.19. The maximum Gasteiger partial charge on any atom is 0.156 e. The minimum atomic E-state index is -0.129. The van der Waals surface area contributed by atoms with Crippen molar-refractivity contribution in [1.82, 2.24) is 0 Å². The second kappa shape index (κ2) is 5.15. The van der Waals surface area contributed by atoms with Gasteiger partial charge in [0.1, 0.15) is 6.79 Å². The molecule has 3 nitrogen and oxygen atoms in total. The van der Waals surface area contributed by atoms with Crippen molar-refractivity contribution in [2.75, 3.05) is 13.9 Å². The molecule has 1 fully saturated rings. The maximum atomic E-state index is 11.7. The zero-order valence-corrected chi connectivity index (χ0v) is 10.4. The molecule has 2 rings (SSSR count). The Kier molecular flexibility index (Phi) is 3.79. The van der Waals surface area contributed by atoms with E-state index in [0.717, 1.165) is 25.7 Å². The maximum absolute atomic E-state index is 11.7. The molecule has 17 heavy (non-hydrogen) atoms. The van der Waals surface area contributed by atoms with Gasteiger partial charge in [-0.25, -0.2) is 0 Å². The van der Waals surface area contributed by atoms with Crippen LogP contribution < -0.4 is 0 Å². The molecule has 1 saturated carbocycles. The summed E-state index contributed by atoms with van der Waals surface area (Å²) < 4.78 is 10.8. The second-order valence-corrected chi connectivity index (χ2v) is 4.92. The molecular formula is C14H20O3. The number of methoxy groups -OCH3 is 1. The Bertz CT molecular complexity index is 345. The highest BCUT2D eigenvalue weighted by molar-refractivity contribution is 5.94. The van der Waals surface area contributed by atoms with Crippen LogP contribution in [0.5, 0.6) is 0 Å². The highest BCUT2D eigenvalue weighted by Gasteiger charge is 2.48. The van der Waals surface area contributed by atoms with Gasteiger partial charge in [0.25, 0.3) is 0 Å². The Hall–Kier alpha value is -0.930. The number of ketones is 1. The average molecular weight is 236 g/mol. The Balaban J connectivity index is 2.23. The molecule has 0 heterocycles. The Labute approximate surface area is 102 Å². The van der Waals surface area contributed by atoms with Gasteiger partial charge >= 0.3 is 0 Å². The molecule has 2 aliphatic rings. The van der Waals surface area contributed by atoms with Gasteiger partial charge in [0.05, 0.1) is 6.10 Å². The molecule has 0 aromatic carbocycles. The summed E-state index contributed by atoms with van der Waals surface area (Å²) in [6, 6.07) is 0. The lowest BCUT2D eigenvalue weighted by Gasteiger charge is -2.42. The predicted molar refractivity (Wildman–Crippen MR) is 65.6 cm³/mol. The third-order valence-corrected chi connectivity index (χ3v) is 3.89. The van der Waals surface area contributed by atoms with Crippen molar-refractivity contribution >= 4 is 5.78 Å². The Morgan fingerprint density at radius 1 is 1.65 bits per heavy atom. The summed E-state index contributed by atoms with van der Waals surface area (Å²) in [6.07, 6.45) is 8.32. The molecule has 0 spiro atoms. The lowest BCUT2D eigenvalue weighted by Crippen LogP contribution is -2.40. The molecule has 2 aliphatic carbocycles. The number of allylic oxidation sites excluding steroid dienone is 2. The smallest absolute Gasteiger partial charge is 0.156 e. The number of hydrogen-bond acceptors (Lipinski definition) is 3. The lowest BCUT2D eigenvalue weighted by molar-refractivity contribution is -0.129. The predicted octanol–water partition coefficient (Wildman–Crippen LogP) is 2.62. The van der Waals surface area contributed by atoms with Crippen LogP contribution in [0, 0.1) is 5.41 Å². The van der Waals surface area contributed by atoms with Gasteiger partial charge in [-0.15, -0.1) is 6.58 Å². The van der Waals surface area contributed by atoms with Crippen molar-refractivity contribution in [2.45, 2.75) is 38.2 Å². The molecule has 2 atom stereocenters. The lowest BCUT2D eigenvalue weighted by atomic mass is 9.67. The molecule has 0 unspecified atom stereocenters. The van der Waals surface area contributed by atoms with E-state index < -0.39 is 0 Å². The van der Waals surface area contributed by atoms with E-state index in [4.69, 9.17) is 9.47 Å². The topological polar surface area (TPSA) is 35.5 Å². The fraction of sp³-hybridized carbons (Fsp3) is 0.643. The highest BCUT2D eigenvalue weighted by atomic mass is 16.7. The first-order valence-corrected chi connectivity index (χ1v) is 6.18. The van der Waals surface area contributed by atoms with Crippen LogP contribution in [0.1, 0.15) is 32.1 Å². The third kappa shape index (κ3) is 2.22. The summed E-state index contributed by atoms with van der Waals surface area (Å²) >= 11 is 0. The molecular weight excluding hydrogens is 216 g/mol. The van der Waals surface area contributed by atoms with Crippen LogP contribution in [0.3, 0.4) is 0 Å². The van der Waals surface area contributed by atoms with Crippen LogP contribution >= 0.6 is 0 Å². The zero-order chi connectivity index (χ0) is 12.3. The Morgan fingerprint density at radius 2 is 2.47 bits per heavy atom. The summed E-state index contributed by atoms with van der Waals surface area (Å²) in [4.78, 5) is 11.7. The quantitative estimate of drug-likeness (QED) is 0.543. The van der Waals surface area contributed by atoms with Crippen molar-refractivity contribution in [3.63, 3.8) is 0 Å². The first-order valence-electron chi connectivity index (χ1n) is 6.18. The van der Waals surface area contributed by atoms with Gasteiger partial charge in [-0.2, -0.15) is 0 Å². The van der Waals surface area contributed by atoms with E-state index in [1.807, 2.05) is 12.2 Å². The summed E-state index contributed by atoms with van der Waals surface area (Å²) in [5, 5.41) is 0. The van der Waals surface area contributed by atoms with Crippen LogP contribution in [-0.2, 0) is 14.3 Å². The van der Waals surface area contributed by atoms with Gasteiger partial charge < -0.3 is 9.47 Å². The number of carbonyl (C=O) groups excluding carboxylic acids is 1. The Morgan fingerprint density at radius 3 is 3.18 bits per heavy atom. The van der Waals surface area contributed by atoms with Crippen molar-refractivity contribution < 1.29 is 14.3 Å². The van der Waals surface area contributed by atoms with Gasteiger partial charge in [0.15, 0.2) is 5.78 Å². The van der Waals surface area contributed by atoms with E-state index in [0.29, 0.717) is 13.2 Å². The zero-order valence-electron chi connectivity index (χ0n) is 10.4. The van der Waals surface area contributed by atoms with E-state index >= 15 is 0 Å². The number of fused-ring (bicyclic) bond motifs is 1. The first kappa shape index (κ1) is 12.5. The van der Waals surface area contributed by atoms with Gasteiger partial charge in [-0.3, -0.25) is 4.79 Å². The van der Waals surface area contributed by atoms with Gasteiger partial charge in [-0.1, -0.05) is 11.6 Å². The molecule has 0 radical (unpaired) electrons. The van der Waals surface area contributed by atoms with Crippen LogP contribution in [-0.4, -0.2) is 25.8 Å². The molecule has 0 aromatic rings. The van der Waals surface area contributed by atoms with Crippen LogP contribution in [0.25, 0.3) is 0 Å². The van der Waals surface area contributed by atoms with Gasteiger partial charge in [-0.05, 0) is 31.8 Å². The molecule has 0 bridgehead atoms. The number of rotatable bonds is 5. The van der Waals surface area contributed by atoms with E-state index in [-0.39, 0.29) is 17.3 Å². The molecule has 0 N–H and O–H groups in total. The molecule has 0 amide bonds. The van der Waals surface area contributed by atoms with Gasteiger partial charge in [0, 0.05) is 18.9 Å². The standard InChI is InChI=1S/C14H20O3/c1-3-7-14-9-12(15)8-11(14)5-4-6-13(14)17-10-16-2/h3,8,13H,1,4-7,9-10H2,2H3/t13-,14-/m0/s1. The summed E-state index contributed by atoms with van der Waals surface area (Å²) in [5.41, 5.74) is 1.13. The number of ether oxygens (including phenoxy) is 2. The number of carbonyl (C=O) groups is 1. The first-order chi connectivity index (χ1) is 8.23. The largest absolute Gasteiger partial charge is 0.359 e. The molecule has 0 aliphatic heterocycles. The van der Waals surface area contributed by atoms with Gasteiger partial charge in [0.2, 0.25) is 0 Å². The van der Waals surface area contributed by atoms with E-state index in [9.17, 15) is 4.79 Å². The second-order valence-electron chi connectivity index (χ2n) is 4.92. The summed E-state index contributed by atoms with van der Waals surface area (Å²) in [7, 11) is 1.62. The van der Waals surface area contributed by atoms with Crippen LogP contribution in [0.4, 0.5) is 0 Å². The highest BCUT2D eigenvalue weighted by Crippen LogP contribution is 2.51. The van der Waals surface area contributed by atoms with E-state index in [1.54, 1.807) is 7.11 Å². The molecule has 94 valence electrons. The molecule has 0 saturated heterocycles. The number of hydrogen-bond donors (Lipinski definition) is 0. The van der Waals surface area contributed by atoms with Crippen LogP contribution in [0.2, 0.25) is 0 Å². The third-order valence-electron chi connectivity index (χ3n) is 3.89. The van der Waals surface area contributed by atoms with Crippen molar-refractivity contribution in [3.05, 3.63) is 24.3 Å². The van der Waals surface area contributed by atoms with Crippen LogP contribution in [0.15, 0.2) is 24.3 Å². The van der Waals surface area contributed by atoms with E-state index in [1.165, 1.54) is 5.57 Å². The molecule has 3 heteroatoms. The monoisotopic (exact) mass is 236 g/mol. The van der Waals surface area contributed by atoms with Crippen molar-refractivity contribution in [3.8, 4) is 0 Å². The summed E-state index contributed by atoms with van der Waals surface area (Å²) in [6.45, 7) is 4.12. The van der Waals surface area contributed by atoms with E-state index in [2.05, 4.69) is 6.58 Å². The van der Waals surface area contributed by atoms with Crippen molar-refractivity contribution in [1.29, 1.82) is 0 Å². The van der Waals surface area contributed by atoms with Crippen molar-refractivity contribution in [2.24, 2.45) is 5.41 Å². The minimum Gasteiger partial charge on any atom is -0.359 e. The summed E-state index contributed by atoms with van der Waals surface area (Å²) in [5.74, 6) is 0.231. The SMILES string of the molecule is C=CC[C@]12CC(=O)C=C1CCC[C@@H]2OCOC.